The zero-order valence-electron chi connectivity index (χ0n) is 59.6. The molecule has 11 aliphatic rings. The highest BCUT2D eigenvalue weighted by molar-refractivity contribution is 5.79. The Balaban J connectivity index is 0.879. The summed E-state index contributed by atoms with van der Waals surface area (Å²) in [4.78, 5) is 56.9. The van der Waals surface area contributed by atoms with E-state index in [1.165, 1.54) is 13.8 Å². The highest BCUT2D eigenvalue weighted by Gasteiger charge is 2.71. The first kappa shape index (κ1) is 79.9. The van der Waals surface area contributed by atoms with Crippen molar-refractivity contribution in [3.05, 3.63) is 11.6 Å². The van der Waals surface area contributed by atoms with Gasteiger partial charge in [0.15, 0.2) is 49.8 Å². The number of aliphatic hydroxyl groups is 14. The van der Waals surface area contributed by atoms with Crippen molar-refractivity contribution in [2.75, 3.05) is 26.4 Å². The lowest BCUT2D eigenvalue weighted by Gasteiger charge is -2.71. The number of allylic oxidation sites excluding steroid dienone is 2. The zero-order chi connectivity index (χ0) is 74.4. The molecule has 11 rings (SSSR count). The summed E-state index contributed by atoms with van der Waals surface area (Å²) in [5.41, 5.74) is -3.31. The Kier molecular flexibility index (Phi) is 24.0. The molecule has 37 atom stereocenters. The predicted molar refractivity (Wildman–Crippen MR) is 342 cm³/mol. The zero-order valence-corrected chi connectivity index (χ0v) is 59.6. The predicted octanol–water partition coefficient (Wildman–Crippen LogP) is -1.95. The van der Waals surface area contributed by atoms with E-state index in [0.717, 1.165) is 18.8 Å². The van der Waals surface area contributed by atoms with Gasteiger partial charge in [0.05, 0.1) is 55.6 Å². The Labute approximate surface area is 592 Å². The monoisotopic (exact) mass is 1460 g/mol. The molecule has 32 nitrogen and oxygen atoms in total. The molecule has 0 radical (unpaired) electrons. The van der Waals surface area contributed by atoms with Gasteiger partial charge in [-0.3, -0.25) is 9.59 Å². The summed E-state index contributed by atoms with van der Waals surface area (Å²) in [6, 6.07) is 0. The average Bonchev–Trinajstić information content (AvgIpc) is 0.675. The molecule has 582 valence electrons. The fourth-order valence-corrected chi connectivity index (χ4v) is 19.5. The Morgan fingerprint density at radius 1 is 0.559 bits per heavy atom. The summed E-state index contributed by atoms with van der Waals surface area (Å²) in [6.07, 6.45) is -39.5. The molecule has 4 saturated carbocycles. The molecule has 6 heterocycles. The number of ether oxygens (including phenoxy) is 14. The van der Waals surface area contributed by atoms with Crippen LogP contribution in [0.15, 0.2) is 11.6 Å². The fourth-order valence-electron chi connectivity index (χ4n) is 19.5. The maximum Gasteiger partial charge on any atom is 0.338 e. The maximum atomic E-state index is 16.1. The van der Waals surface area contributed by atoms with E-state index >= 15 is 4.79 Å². The van der Waals surface area contributed by atoms with E-state index in [2.05, 4.69) is 40.7 Å². The molecular formula is C70H110O32. The van der Waals surface area contributed by atoms with Crippen molar-refractivity contribution in [2.24, 2.45) is 50.2 Å². The second kappa shape index (κ2) is 30.7. The van der Waals surface area contributed by atoms with Gasteiger partial charge >= 0.3 is 17.9 Å². The first-order valence-corrected chi connectivity index (χ1v) is 36.3. The van der Waals surface area contributed by atoms with Crippen LogP contribution in [0.3, 0.4) is 0 Å². The van der Waals surface area contributed by atoms with Crippen molar-refractivity contribution in [1.82, 2.24) is 0 Å². The number of aldehydes is 1. The Morgan fingerprint density at radius 3 is 1.77 bits per heavy atom. The van der Waals surface area contributed by atoms with Gasteiger partial charge in [-0.25, -0.2) is 4.79 Å². The van der Waals surface area contributed by atoms with Gasteiger partial charge in [0.1, 0.15) is 110 Å². The number of rotatable bonds is 20. The highest BCUT2D eigenvalue weighted by atomic mass is 16.8. The lowest BCUT2D eigenvalue weighted by Crippen LogP contribution is -2.68. The van der Waals surface area contributed by atoms with Crippen LogP contribution in [-0.2, 0) is 85.5 Å². The molecule has 10 fully saturated rings. The van der Waals surface area contributed by atoms with E-state index in [0.29, 0.717) is 70.6 Å². The van der Waals surface area contributed by atoms with Crippen LogP contribution in [-0.4, -0.2) is 300 Å². The van der Waals surface area contributed by atoms with Crippen LogP contribution in [0.1, 0.15) is 146 Å². The van der Waals surface area contributed by atoms with Crippen LogP contribution < -0.4 is 0 Å². The van der Waals surface area contributed by atoms with E-state index in [-0.39, 0.29) is 30.3 Å². The van der Waals surface area contributed by atoms with Crippen LogP contribution >= 0.6 is 0 Å². The van der Waals surface area contributed by atoms with Gasteiger partial charge in [-0.2, -0.15) is 0 Å². The van der Waals surface area contributed by atoms with Crippen molar-refractivity contribution >= 4 is 24.2 Å². The lowest BCUT2D eigenvalue weighted by molar-refractivity contribution is -0.382. The van der Waals surface area contributed by atoms with Crippen LogP contribution in [0.2, 0.25) is 0 Å². The smallest absolute Gasteiger partial charge is 0.338 e. The van der Waals surface area contributed by atoms with Crippen LogP contribution in [0, 0.1) is 50.2 Å². The fraction of sp³-hybridized carbons (Fsp3) is 0.914. The third-order valence-electron chi connectivity index (χ3n) is 25.8. The second-order valence-electron chi connectivity index (χ2n) is 32.4. The lowest BCUT2D eigenvalue weighted by atomic mass is 9.33. The number of esters is 3. The largest absolute Gasteiger partial charge is 0.464 e. The molecule has 6 saturated heterocycles. The van der Waals surface area contributed by atoms with Crippen LogP contribution in [0.4, 0.5) is 0 Å². The van der Waals surface area contributed by atoms with Crippen molar-refractivity contribution in [2.45, 2.75) is 324 Å². The molecular weight excluding hydrogens is 1350 g/mol. The summed E-state index contributed by atoms with van der Waals surface area (Å²) in [5.74, 6) is -3.36. The minimum absolute atomic E-state index is 0.0222. The third-order valence-corrected chi connectivity index (χ3v) is 25.8. The van der Waals surface area contributed by atoms with Gasteiger partial charge in [0.25, 0.3) is 0 Å². The molecule has 32 heteroatoms. The number of aliphatic hydroxyl groups excluding tert-OH is 14. The molecule has 14 N–H and O–H groups in total. The summed E-state index contributed by atoms with van der Waals surface area (Å²) in [5, 5.41) is 153. The van der Waals surface area contributed by atoms with E-state index in [9.17, 15) is 85.9 Å². The molecule has 5 aliphatic carbocycles. The van der Waals surface area contributed by atoms with Crippen LogP contribution in [0.25, 0.3) is 0 Å². The molecule has 37 unspecified atom stereocenters. The van der Waals surface area contributed by atoms with Crippen molar-refractivity contribution in [3.63, 3.8) is 0 Å². The first-order chi connectivity index (χ1) is 48.0. The summed E-state index contributed by atoms with van der Waals surface area (Å²) in [6.45, 7) is 16.8. The maximum absolute atomic E-state index is 16.1. The van der Waals surface area contributed by atoms with Crippen molar-refractivity contribution < 1.29 is 157 Å². The molecule has 0 bridgehead atoms. The van der Waals surface area contributed by atoms with E-state index in [1.807, 2.05) is 13.8 Å². The molecule has 0 amide bonds. The quantitative estimate of drug-likeness (QED) is 0.0157. The summed E-state index contributed by atoms with van der Waals surface area (Å²) in [7, 11) is 0. The Morgan fingerprint density at radius 2 is 1.13 bits per heavy atom. The van der Waals surface area contributed by atoms with Crippen LogP contribution in [0.5, 0.6) is 0 Å². The number of carbonyl (C=O) groups excluding carboxylic acids is 4. The van der Waals surface area contributed by atoms with E-state index < -0.39 is 249 Å². The Hall–Kier alpha value is -3.18. The van der Waals surface area contributed by atoms with Gasteiger partial charge in [-0.05, 0) is 124 Å². The summed E-state index contributed by atoms with van der Waals surface area (Å²) < 4.78 is 85.5. The highest BCUT2D eigenvalue weighted by Crippen LogP contribution is 2.76. The first-order valence-electron chi connectivity index (χ1n) is 36.3. The minimum Gasteiger partial charge on any atom is -0.464 e. The number of carbonyl (C=O) groups is 4. The average molecular weight is 1460 g/mol. The van der Waals surface area contributed by atoms with Gasteiger partial charge in [0, 0.05) is 6.92 Å². The number of fused-ring (bicyclic) bond motifs is 7. The van der Waals surface area contributed by atoms with Crippen molar-refractivity contribution in [1.29, 1.82) is 0 Å². The number of hydrogen-bond acceptors (Lipinski definition) is 32. The SMILES string of the molecule is CCCCOC(=O)C1OC(OC2CCC3(C)C(CCC4(C)C3CC=C3C5CC(C)(C)CCC5(C(=O)OC5OC(C)C(OC(C)=O)C(OC6OC(CO)C(O)C6O)C5OC5OC(C)C(OC6OCC(O)C(O)C6O)C(O)C5O)CCC34C)C2(C)C=O)C(OC2OC(CO)C(O)C(O)C2O)C(O)C1O. The minimum atomic E-state index is -2.02. The van der Waals surface area contributed by atoms with Gasteiger partial charge in [-0.15, -0.1) is 0 Å². The molecule has 0 aromatic heterocycles. The molecule has 0 spiro atoms. The van der Waals surface area contributed by atoms with Gasteiger partial charge < -0.3 is 143 Å². The molecule has 0 aromatic carbocycles. The molecule has 0 aromatic rings. The molecule has 102 heavy (non-hydrogen) atoms. The standard InChI is InChI=1S/C70H110O32/c1-11-12-23-89-57(87)53-44(80)45(81)54(99-61-49(85)43(79)41(77)35(25-71)94-61)62(98-53)96-39-16-17-66(7)37(67(39,8)28-73)15-18-69(10)38(66)14-13-32-33-24-65(5,6)19-21-70(33,22-20-68(32,69)9)64(88)102-63-56(55(52(30(3)92-63)93-31(4)74)100-60-48(84)42(78)36(26-72)95-60)101-59-50(86)46(82)51(29(2)91-59)97-58-47(83)40(76)34(75)27-90-58/h13,28-30,33-56,58-63,71-72,75-86H,11-12,14-27H2,1-10H3. The van der Waals surface area contributed by atoms with Gasteiger partial charge in [0.2, 0.25) is 6.29 Å². The number of unbranched alkanes of at least 4 members (excludes halogenated alkanes) is 1. The second-order valence-corrected chi connectivity index (χ2v) is 32.4. The van der Waals surface area contributed by atoms with E-state index in [4.69, 9.17) is 66.3 Å². The Bertz CT molecular complexity index is 2960. The normalized spacial score (nSPS) is 51.5. The molecule has 6 aliphatic heterocycles. The van der Waals surface area contributed by atoms with Crippen molar-refractivity contribution in [3.8, 4) is 0 Å². The van der Waals surface area contributed by atoms with Gasteiger partial charge in [-0.1, -0.05) is 66.5 Å². The summed E-state index contributed by atoms with van der Waals surface area (Å²) >= 11 is 0. The third kappa shape index (κ3) is 14.1. The number of hydrogen-bond donors (Lipinski definition) is 14. The topological polar surface area (TPSA) is 481 Å². The van der Waals surface area contributed by atoms with E-state index in [1.54, 1.807) is 0 Å².